The minimum atomic E-state index is -0.497. The van der Waals surface area contributed by atoms with Crippen molar-refractivity contribution in [2.45, 2.75) is 19.8 Å². The molecule has 2 nitrogen and oxygen atoms in total. The van der Waals surface area contributed by atoms with E-state index in [1.165, 1.54) is 18.2 Å². The molecule has 1 rings (SSSR count). The van der Waals surface area contributed by atoms with Crippen molar-refractivity contribution >= 4 is 5.91 Å². The van der Waals surface area contributed by atoms with Gasteiger partial charge >= 0.3 is 0 Å². The van der Waals surface area contributed by atoms with Crippen molar-refractivity contribution in [3.05, 3.63) is 35.1 Å². The van der Waals surface area contributed by atoms with Crippen LogP contribution >= 0.6 is 0 Å². The van der Waals surface area contributed by atoms with Gasteiger partial charge in [0.1, 0.15) is 5.82 Å². The lowest BCUT2D eigenvalue weighted by Crippen LogP contribution is -2.13. The lowest BCUT2D eigenvalue weighted by atomic mass is 10.0. The van der Waals surface area contributed by atoms with Crippen LogP contribution in [0.1, 0.15) is 29.3 Å². The maximum Gasteiger partial charge on any atom is 0.248 e. The van der Waals surface area contributed by atoms with Gasteiger partial charge in [-0.1, -0.05) is 13.3 Å². The highest BCUT2D eigenvalue weighted by molar-refractivity contribution is 5.94. The maximum atomic E-state index is 12.8. The summed E-state index contributed by atoms with van der Waals surface area (Å²) >= 11 is 0. The summed E-state index contributed by atoms with van der Waals surface area (Å²) in [6.45, 7) is 1.97. The molecular formula is C10H12FNO. The first kappa shape index (κ1) is 9.71. The number of amides is 1. The quantitative estimate of drug-likeness (QED) is 0.760. The van der Waals surface area contributed by atoms with Crippen molar-refractivity contribution in [3.63, 3.8) is 0 Å². The molecular weight excluding hydrogens is 169 g/mol. The van der Waals surface area contributed by atoms with Crippen molar-refractivity contribution in [2.75, 3.05) is 0 Å². The largest absolute Gasteiger partial charge is 0.366 e. The van der Waals surface area contributed by atoms with Gasteiger partial charge in [-0.3, -0.25) is 4.79 Å². The molecule has 0 aliphatic carbocycles. The molecule has 0 spiro atoms. The second-order valence-corrected chi connectivity index (χ2v) is 2.92. The van der Waals surface area contributed by atoms with Crippen molar-refractivity contribution in [1.29, 1.82) is 0 Å². The van der Waals surface area contributed by atoms with Crippen LogP contribution in [0.4, 0.5) is 4.39 Å². The number of nitrogens with two attached hydrogens (primary N) is 1. The Morgan fingerprint density at radius 1 is 1.54 bits per heavy atom. The van der Waals surface area contributed by atoms with E-state index in [4.69, 9.17) is 5.73 Å². The minimum Gasteiger partial charge on any atom is -0.366 e. The summed E-state index contributed by atoms with van der Waals surface area (Å²) in [5.74, 6) is -0.822. The third kappa shape index (κ3) is 2.28. The van der Waals surface area contributed by atoms with Crippen LogP contribution in [0.3, 0.4) is 0 Å². The van der Waals surface area contributed by atoms with Gasteiger partial charge in [0.15, 0.2) is 0 Å². The van der Waals surface area contributed by atoms with Crippen LogP contribution in [0.5, 0.6) is 0 Å². The maximum absolute atomic E-state index is 12.8. The molecule has 0 aromatic heterocycles. The van der Waals surface area contributed by atoms with Gasteiger partial charge in [0, 0.05) is 5.56 Å². The molecule has 2 N–H and O–H groups in total. The van der Waals surface area contributed by atoms with Crippen LogP contribution in [-0.4, -0.2) is 5.91 Å². The lowest BCUT2D eigenvalue weighted by molar-refractivity contribution is 0.0999. The van der Waals surface area contributed by atoms with Crippen LogP contribution in [0.15, 0.2) is 18.2 Å². The highest BCUT2D eigenvalue weighted by Crippen LogP contribution is 2.12. The molecule has 0 radical (unpaired) electrons. The fourth-order valence-corrected chi connectivity index (χ4v) is 1.28. The first-order chi connectivity index (χ1) is 6.15. The zero-order valence-electron chi connectivity index (χ0n) is 7.51. The number of benzene rings is 1. The number of carbonyl (C=O) groups is 1. The Balaban J connectivity index is 3.10. The van der Waals surface area contributed by atoms with Gasteiger partial charge in [-0.25, -0.2) is 4.39 Å². The molecule has 0 aliphatic heterocycles. The summed E-state index contributed by atoms with van der Waals surface area (Å²) in [6.07, 6.45) is 1.54. The van der Waals surface area contributed by atoms with Crippen LogP contribution in [0.25, 0.3) is 0 Å². The van der Waals surface area contributed by atoms with Gasteiger partial charge in [-0.05, 0) is 30.2 Å². The van der Waals surface area contributed by atoms with Crippen molar-refractivity contribution in [2.24, 2.45) is 5.73 Å². The number of rotatable bonds is 3. The van der Waals surface area contributed by atoms with Crippen molar-refractivity contribution < 1.29 is 9.18 Å². The predicted octanol–water partition coefficient (Wildman–Crippen LogP) is 1.88. The van der Waals surface area contributed by atoms with Crippen LogP contribution in [-0.2, 0) is 6.42 Å². The smallest absolute Gasteiger partial charge is 0.248 e. The number of halogens is 1. The van der Waals surface area contributed by atoms with E-state index >= 15 is 0 Å². The lowest BCUT2D eigenvalue weighted by Gasteiger charge is -2.04. The first-order valence-electron chi connectivity index (χ1n) is 4.23. The van der Waals surface area contributed by atoms with E-state index in [2.05, 4.69) is 0 Å². The molecule has 1 amide bonds. The number of hydrogen-bond acceptors (Lipinski definition) is 1. The second-order valence-electron chi connectivity index (χ2n) is 2.92. The van der Waals surface area contributed by atoms with Crippen molar-refractivity contribution in [3.8, 4) is 0 Å². The number of primary amides is 1. The van der Waals surface area contributed by atoms with Crippen LogP contribution < -0.4 is 5.73 Å². The minimum absolute atomic E-state index is 0.326. The fourth-order valence-electron chi connectivity index (χ4n) is 1.28. The predicted molar refractivity (Wildman–Crippen MR) is 48.9 cm³/mol. The van der Waals surface area contributed by atoms with E-state index in [9.17, 15) is 9.18 Å². The summed E-state index contributed by atoms with van der Waals surface area (Å²) in [5, 5.41) is 0. The molecule has 1 aromatic rings. The van der Waals surface area contributed by atoms with E-state index in [0.29, 0.717) is 17.5 Å². The first-order valence-corrected chi connectivity index (χ1v) is 4.23. The Kier molecular flexibility index (Phi) is 3.01. The van der Waals surface area contributed by atoms with E-state index < -0.39 is 5.91 Å². The van der Waals surface area contributed by atoms with Gasteiger partial charge in [0.2, 0.25) is 5.91 Å². The van der Waals surface area contributed by atoms with E-state index in [0.717, 1.165) is 6.42 Å². The number of aryl methyl sites for hydroxylation is 1. The summed E-state index contributed by atoms with van der Waals surface area (Å²) in [4.78, 5) is 10.9. The third-order valence-electron chi connectivity index (χ3n) is 1.85. The second kappa shape index (κ2) is 4.03. The molecule has 1 aromatic carbocycles. The molecule has 0 atom stereocenters. The average Bonchev–Trinajstić information content (AvgIpc) is 2.04. The van der Waals surface area contributed by atoms with Gasteiger partial charge < -0.3 is 5.73 Å². The molecule has 0 fully saturated rings. The van der Waals surface area contributed by atoms with E-state index in [1.54, 1.807) is 0 Å². The average molecular weight is 181 g/mol. The Labute approximate surface area is 76.6 Å². The Morgan fingerprint density at radius 2 is 2.23 bits per heavy atom. The van der Waals surface area contributed by atoms with E-state index in [1.807, 2.05) is 6.92 Å². The molecule has 0 unspecified atom stereocenters. The van der Waals surface area contributed by atoms with Crippen molar-refractivity contribution in [1.82, 2.24) is 0 Å². The molecule has 0 aliphatic rings. The highest BCUT2D eigenvalue weighted by Gasteiger charge is 2.07. The summed E-state index contributed by atoms with van der Waals surface area (Å²) in [5.41, 5.74) is 6.24. The summed E-state index contributed by atoms with van der Waals surface area (Å²) < 4.78 is 12.8. The van der Waals surface area contributed by atoms with Gasteiger partial charge in [0.05, 0.1) is 0 Å². The highest BCUT2D eigenvalue weighted by atomic mass is 19.1. The Bertz CT molecular complexity index is 323. The molecule has 0 saturated carbocycles. The molecule has 0 bridgehead atoms. The normalized spacial score (nSPS) is 10.0. The number of carbonyl (C=O) groups excluding carboxylic acids is 1. The SMILES string of the molecule is CCCc1cc(F)ccc1C(N)=O. The van der Waals surface area contributed by atoms with E-state index in [-0.39, 0.29) is 5.82 Å². The standard InChI is InChI=1S/C10H12FNO/c1-2-3-7-6-8(11)4-5-9(7)10(12)13/h4-6H,2-3H2,1H3,(H2,12,13). The monoisotopic (exact) mass is 181 g/mol. The van der Waals surface area contributed by atoms with Gasteiger partial charge in [-0.2, -0.15) is 0 Å². The number of hydrogen-bond donors (Lipinski definition) is 1. The third-order valence-corrected chi connectivity index (χ3v) is 1.85. The molecule has 0 heterocycles. The summed E-state index contributed by atoms with van der Waals surface area (Å²) in [7, 11) is 0. The molecule has 0 saturated heterocycles. The zero-order chi connectivity index (χ0) is 9.84. The topological polar surface area (TPSA) is 43.1 Å². The molecule has 3 heteroatoms. The Hall–Kier alpha value is -1.38. The van der Waals surface area contributed by atoms with Crippen LogP contribution in [0, 0.1) is 5.82 Å². The van der Waals surface area contributed by atoms with Gasteiger partial charge in [0.25, 0.3) is 0 Å². The zero-order valence-corrected chi connectivity index (χ0v) is 7.51. The molecule has 13 heavy (non-hydrogen) atoms. The van der Waals surface area contributed by atoms with Gasteiger partial charge in [-0.15, -0.1) is 0 Å². The fraction of sp³-hybridized carbons (Fsp3) is 0.300. The summed E-state index contributed by atoms with van der Waals surface area (Å²) in [6, 6.07) is 4.05. The van der Waals surface area contributed by atoms with Crippen LogP contribution in [0.2, 0.25) is 0 Å². The Morgan fingerprint density at radius 3 is 2.77 bits per heavy atom. The molecule has 70 valence electrons.